The Bertz CT molecular complexity index is 430. The van der Waals surface area contributed by atoms with Crippen molar-refractivity contribution in [2.75, 3.05) is 0 Å². The summed E-state index contributed by atoms with van der Waals surface area (Å²) in [6, 6.07) is 1.95. The van der Waals surface area contributed by atoms with Crippen molar-refractivity contribution < 1.29 is 0 Å². The van der Waals surface area contributed by atoms with Gasteiger partial charge in [-0.3, -0.25) is 9.67 Å². The van der Waals surface area contributed by atoms with Gasteiger partial charge < -0.3 is 0 Å². The second kappa shape index (κ2) is 7.82. The topological polar surface area (TPSA) is 30.7 Å². The van der Waals surface area contributed by atoms with E-state index < -0.39 is 0 Å². The average Bonchev–Trinajstić information content (AvgIpc) is 2.73. The quantitative estimate of drug-likeness (QED) is 0.743. The molecule has 0 aliphatic heterocycles. The van der Waals surface area contributed by atoms with Crippen LogP contribution in [0, 0.1) is 0 Å². The fourth-order valence-electron chi connectivity index (χ4n) is 1.54. The van der Waals surface area contributed by atoms with Crippen molar-refractivity contribution in [3.63, 3.8) is 0 Å². The molecule has 0 unspecified atom stereocenters. The molecule has 3 heteroatoms. The molecule has 2 aromatic rings. The molecule has 0 saturated heterocycles. The van der Waals surface area contributed by atoms with Crippen LogP contribution in [-0.2, 0) is 7.05 Å². The zero-order chi connectivity index (χ0) is 13.4. The highest BCUT2D eigenvalue weighted by Gasteiger charge is 2.08. The van der Waals surface area contributed by atoms with Crippen LogP contribution in [0.4, 0.5) is 0 Å². The number of pyridine rings is 1. The van der Waals surface area contributed by atoms with Gasteiger partial charge in [0, 0.05) is 24.8 Å². The van der Waals surface area contributed by atoms with E-state index in [4.69, 9.17) is 0 Å². The van der Waals surface area contributed by atoms with Gasteiger partial charge in [-0.2, -0.15) is 5.10 Å². The molecule has 2 aromatic heterocycles. The maximum atomic E-state index is 4.37. The minimum Gasteiger partial charge on any atom is -0.275 e. The fraction of sp³-hybridized carbons (Fsp3) is 0.571. The molecule has 2 rings (SSSR count). The van der Waals surface area contributed by atoms with Crippen LogP contribution >= 0.6 is 0 Å². The van der Waals surface area contributed by atoms with Crippen LogP contribution < -0.4 is 0 Å². The van der Waals surface area contributed by atoms with Gasteiger partial charge in [-0.1, -0.05) is 41.5 Å². The van der Waals surface area contributed by atoms with Crippen LogP contribution in [0.3, 0.4) is 0 Å². The first-order valence-electron chi connectivity index (χ1n) is 6.46. The average molecular weight is 235 g/mol. The third-order valence-corrected chi connectivity index (χ3v) is 2.13. The summed E-state index contributed by atoms with van der Waals surface area (Å²) in [4.78, 5) is 4.37. The van der Waals surface area contributed by atoms with Crippen molar-refractivity contribution in [3.05, 3.63) is 24.2 Å². The van der Waals surface area contributed by atoms with Gasteiger partial charge in [0.05, 0.1) is 11.2 Å². The Morgan fingerprint density at radius 3 is 2.24 bits per heavy atom. The summed E-state index contributed by atoms with van der Waals surface area (Å²) in [5.74, 6) is 0.452. The summed E-state index contributed by atoms with van der Waals surface area (Å²) in [6.07, 6.45) is 3.85. The molecule has 0 N–H and O–H groups in total. The zero-order valence-corrected chi connectivity index (χ0v) is 12.2. The van der Waals surface area contributed by atoms with Crippen molar-refractivity contribution in [3.8, 4) is 0 Å². The predicted octanol–water partition coefficient (Wildman–Crippen LogP) is 4.14. The van der Waals surface area contributed by atoms with Crippen LogP contribution in [0.25, 0.3) is 10.9 Å². The second-order valence-corrected chi connectivity index (χ2v) is 3.59. The second-order valence-electron chi connectivity index (χ2n) is 3.59. The number of aromatic nitrogens is 3. The minimum atomic E-state index is 0.452. The summed E-state index contributed by atoms with van der Waals surface area (Å²) >= 11 is 0. The van der Waals surface area contributed by atoms with Crippen LogP contribution in [0.15, 0.2) is 18.5 Å². The number of hydrogen-bond acceptors (Lipinski definition) is 2. The van der Waals surface area contributed by atoms with Gasteiger partial charge in [0.1, 0.15) is 0 Å². The Morgan fingerprint density at radius 1 is 1.12 bits per heavy atom. The molecule has 0 fully saturated rings. The largest absolute Gasteiger partial charge is 0.275 e. The van der Waals surface area contributed by atoms with E-state index in [1.54, 1.807) is 0 Å². The van der Waals surface area contributed by atoms with E-state index in [1.807, 2.05) is 57.9 Å². The van der Waals surface area contributed by atoms with Gasteiger partial charge >= 0.3 is 0 Å². The van der Waals surface area contributed by atoms with Gasteiger partial charge in [-0.25, -0.2) is 0 Å². The number of fused-ring (bicyclic) bond motifs is 1. The molecule has 0 radical (unpaired) electrons. The summed E-state index contributed by atoms with van der Waals surface area (Å²) in [5, 5.41) is 5.50. The highest BCUT2D eigenvalue weighted by Crippen LogP contribution is 2.21. The van der Waals surface area contributed by atoms with Crippen molar-refractivity contribution >= 4 is 10.9 Å². The Labute approximate surface area is 105 Å². The Morgan fingerprint density at radius 2 is 1.71 bits per heavy atom. The van der Waals surface area contributed by atoms with E-state index in [9.17, 15) is 0 Å². The molecule has 17 heavy (non-hydrogen) atoms. The summed E-state index contributed by atoms with van der Waals surface area (Å²) < 4.78 is 1.83. The monoisotopic (exact) mass is 235 g/mol. The molecule has 0 aromatic carbocycles. The van der Waals surface area contributed by atoms with Crippen LogP contribution in [0.5, 0.6) is 0 Å². The molecule has 0 spiro atoms. The van der Waals surface area contributed by atoms with Crippen LogP contribution in [-0.4, -0.2) is 14.8 Å². The third kappa shape index (κ3) is 3.84. The van der Waals surface area contributed by atoms with Gasteiger partial charge in [0.2, 0.25) is 0 Å². The van der Waals surface area contributed by atoms with E-state index in [0.29, 0.717) is 5.92 Å². The lowest BCUT2D eigenvalue weighted by atomic mass is 10.1. The predicted molar refractivity (Wildman–Crippen MR) is 75.3 cm³/mol. The lowest BCUT2D eigenvalue weighted by Crippen LogP contribution is -1.91. The third-order valence-electron chi connectivity index (χ3n) is 2.13. The smallest absolute Gasteiger partial charge is 0.0956 e. The van der Waals surface area contributed by atoms with E-state index in [0.717, 1.165) is 11.2 Å². The maximum Gasteiger partial charge on any atom is 0.0956 e. The molecular formula is C14H25N3. The Hall–Kier alpha value is -1.38. The van der Waals surface area contributed by atoms with Crippen LogP contribution in [0.2, 0.25) is 0 Å². The molecule has 2 heterocycles. The number of nitrogens with zero attached hydrogens (tertiary/aromatic N) is 3. The lowest BCUT2D eigenvalue weighted by Gasteiger charge is -2.03. The molecular weight excluding hydrogens is 210 g/mol. The first kappa shape index (κ1) is 15.6. The number of hydrogen-bond donors (Lipinski definition) is 0. The molecule has 0 aliphatic carbocycles. The fourth-order valence-corrected chi connectivity index (χ4v) is 1.54. The highest BCUT2D eigenvalue weighted by molar-refractivity contribution is 5.80. The van der Waals surface area contributed by atoms with Gasteiger partial charge in [0.15, 0.2) is 0 Å². The van der Waals surface area contributed by atoms with E-state index in [2.05, 4.69) is 23.9 Å². The SMILES string of the molecule is CC.CC.CC(C)c1nccc2nn(C)cc12. The van der Waals surface area contributed by atoms with Crippen LogP contribution in [0.1, 0.15) is 53.2 Å². The standard InChI is InChI=1S/C10H13N3.2C2H6/c1-7(2)10-8-6-13(3)12-9(8)4-5-11-10;2*1-2/h4-7H,1-3H3;2*1-2H3. The van der Waals surface area contributed by atoms with E-state index in [1.165, 1.54) is 5.39 Å². The van der Waals surface area contributed by atoms with E-state index >= 15 is 0 Å². The minimum absolute atomic E-state index is 0.452. The van der Waals surface area contributed by atoms with E-state index in [-0.39, 0.29) is 0 Å². The van der Waals surface area contributed by atoms with Gasteiger partial charge in [-0.15, -0.1) is 0 Å². The van der Waals surface area contributed by atoms with Crippen molar-refractivity contribution in [1.29, 1.82) is 0 Å². The zero-order valence-electron chi connectivity index (χ0n) is 12.2. The molecule has 0 saturated carbocycles. The number of rotatable bonds is 1. The molecule has 0 bridgehead atoms. The molecule has 0 amide bonds. The summed E-state index contributed by atoms with van der Waals surface area (Å²) in [5.41, 5.74) is 2.16. The molecule has 0 aliphatic rings. The molecule has 0 atom stereocenters. The summed E-state index contributed by atoms with van der Waals surface area (Å²) in [6.45, 7) is 12.3. The van der Waals surface area contributed by atoms with Gasteiger partial charge in [0.25, 0.3) is 0 Å². The van der Waals surface area contributed by atoms with Crippen molar-refractivity contribution in [2.24, 2.45) is 7.05 Å². The Kier molecular flexibility index (Phi) is 7.19. The van der Waals surface area contributed by atoms with Gasteiger partial charge in [-0.05, 0) is 12.0 Å². The van der Waals surface area contributed by atoms with Crippen molar-refractivity contribution in [1.82, 2.24) is 14.8 Å². The first-order chi connectivity index (χ1) is 8.18. The lowest BCUT2D eigenvalue weighted by molar-refractivity contribution is 0.779. The molecule has 96 valence electrons. The number of aryl methyl sites for hydroxylation is 1. The molecule has 3 nitrogen and oxygen atoms in total. The summed E-state index contributed by atoms with van der Waals surface area (Å²) in [7, 11) is 1.93. The highest BCUT2D eigenvalue weighted by atomic mass is 15.2. The Balaban J connectivity index is 0.000000581. The maximum absolute atomic E-state index is 4.37. The van der Waals surface area contributed by atoms with Crippen molar-refractivity contribution in [2.45, 2.75) is 47.5 Å². The normalized spacial score (nSPS) is 9.41. The first-order valence-corrected chi connectivity index (χ1v) is 6.46.